The number of aryl methyl sites for hydroxylation is 2. The average Bonchev–Trinajstić information content (AvgIpc) is 3.52. The van der Waals surface area contributed by atoms with Crippen molar-refractivity contribution < 1.29 is 4.79 Å². The van der Waals surface area contributed by atoms with Crippen molar-refractivity contribution in [3.63, 3.8) is 0 Å². The van der Waals surface area contributed by atoms with Crippen molar-refractivity contribution in [2.45, 2.75) is 27.3 Å². The molecular formula is C23H23N7OS. The van der Waals surface area contributed by atoms with E-state index in [2.05, 4.69) is 45.3 Å². The van der Waals surface area contributed by atoms with E-state index in [4.69, 9.17) is 0 Å². The topological polar surface area (TPSA) is 86.6 Å². The lowest BCUT2D eigenvalue weighted by Gasteiger charge is -2.21. The lowest BCUT2D eigenvalue weighted by Crippen LogP contribution is -2.37. The molecule has 0 atom stereocenters. The van der Waals surface area contributed by atoms with E-state index in [1.165, 1.54) is 4.88 Å². The van der Waals surface area contributed by atoms with Crippen LogP contribution in [0.4, 0.5) is 5.69 Å². The van der Waals surface area contributed by atoms with Crippen LogP contribution < -0.4 is 21.3 Å². The molecule has 4 aromatic rings. The standard InChI is InChI=1S/C23H23N7OS/c1-14-4-6-17(10-24-14)11-26-23(31)18-8-19(30-15(2)9-27-28-30)22-25-12-20(29(22)13-18)21-7-5-16(3)32-21/h4-10,12-13,27-28H,11H2,1-3H3,(H,26,31). The van der Waals surface area contributed by atoms with Gasteiger partial charge in [-0.1, -0.05) is 6.07 Å². The quantitative estimate of drug-likeness (QED) is 0.434. The number of hydrogen-bond donors (Lipinski definition) is 3. The Morgan fingerprint density at radius 2 is 2.00 bits per heavy atom. The summed E-state index contributed by atoms with van der Waals surface area (Å²) >= 11 is 1.70. The monoisotopic (exact) mass is 445 g/mol. The van der Waals surface area contributed by atoms with Crippen LogP contribution in [0.2, 0.25) is 0 Å². The zero-order valence-electron chi connectivity index (χ0n) is 18.0. The molecule has 0 bridgehead atoms. The summed E-state index contributed by atoms with van der Waals surface area (Å²) in [4.78, 5) is 24.4. The van der Waals surface area contributed by atoms with Crippen LogP contribution >= 0.6 is 11.3 Å². The van der Waals surface area contributed by atoms with Gasteiger partial charge >= 0.3 is 0 Å². The molecule has 8 nitrogen and oxygen atoms in total. The van der Waals surface area contributed by atoms with Gasteiger partial charge in [-0.25, -0.2) is 4.98 Å². The highest BCUT2D eigenvalue weighted by atomic mass is 32.1. The van der Waals surface area contributed by atoms with Crippen LogP contribution in [0.1, 0.15) is 33.4 Å². The van der Waals surface area contributed by atoms with Crippen LogP contribution in [0.5, 0.6) is 0 Å². The van der Waals surface area contributed by atoms with Crippen LogP contribution in [-0.4, -0.2) is 20.3 Å². The summed E-state index contributed by atoms with van der Waals surface area (Å²) in [6.45, 7) is 6.40. The van der Waals surface area contributed by atoms with E-state index < -0.39 is 0 Å². The largest absolute Gasteiger partial charge is 0.348 e. The van der Waals surface area contributed by atoms with Crippen LogP contribution in [0.25, 0.3) is 16.2 Å². The van der Waals surface area contributed by atoms with Crippen molar-refractivity contribution in [3.05, 3.63) is 82.5 Å². The molecular weight excluding hydrogens is 422 g/mol. The van der Waals surface area contributed by atoms with Crippen molar-refractivity contribution in [2.24, 2.45) is 0 Å². The Morgan fingerprint density at radius 1 is 1.12 bits per heavy atom. The number of amides is 1. The summed E-state index contributed by atoms with van der Waals surface area (Å²) in [5.74, 6) is -0.162. The van der Waals surface area contributed by atoms with Crippen LogP contribution in [0.15, 0.2) is 60.8 Å². The molecule has 1 aliphatic rings. The van der Waals surface area contributed by atoms with Crippen LogP contribution in [-0.2, 0) is 6.54 Å². The third-order valence-electron chi connectivity index (χ3n) is 5.32. The summed E-state index contributed by atoms with van der Waals surface area (Å²) in [6, 6.07) is 9.93. The van der Waals surface area contributed by atoms with E-state index in [9.17, 15) is 4.79 Å². The molecule has 162 valence electrons. The molecule has 5 heterocycles. The molecule has 0 saturated heterocycles. The SMILES string of the molecule is CC1=CNNN1c1cc(C(=O)NCc2ccc(C)nc2)cn2c(-c3ccc(C)s3)cnc12. The number of carbonyl (C=O) groups excluding carboxylic acids is 1. The van der Waals surface area contributed by atoms with E-state index in [0.29, 0.717) is 12.1 Å². The van der Waals surface area contributed by atoms with Crippen molar-refractivity contribution in [2.75, 3.05) is 5.01 Å². The average molecular weight is 446 g/mol. The Bertz CT molecular complexity index is 1340. The maximum absolute atomic E-state index is 13.1. The number of nitrogens with one attached hydrogen (secondary N) is 3. The summed E-state index contributed by atoms with van der Waals surface area (Å²) in [5, 5.41) is 4.89. The lowest BCUT2D eigenvalue weighted by atomic mass is 10.2. The Hall–Kier alpha value is -3.69. The van der Waals surface area contributed by atoms with Gasteiger partial charge in [0.05, 0.1) is 28.0 Å². The molecule has 32 heavy (non-hydrogen) atoms. The predicted molar refractivity (Wildman–Crippen MR) is 126 cm³/mol. The highest BCUT2D eigenvalue weighted by Crippen LogP contribution is 2.32. The first-order valence-electron chi connectivity index (χ1n) is 10.3. The number of hydrogen-bond acceptors (Lipinski definition) is 7. The van der Waals surface area contributed by atoms with Crippen LogP contribution in [0.3, 0.4) is 0 Å². The normalized spacial score (nSPS) is 13.3. The molecule has 4 aromatic heterocycles. The van der Waals surface area contributed by atoms with Crippen molar-refractivity contribution in [1.29, 1.82) is 0 Å². The summed E-state index contributed by atoms with van der Waals surface area (Å²) in [7, 11) is 0. The van der Waals surface area contributed by atoms with Gasteiger partial charge in [0.2, 0.25) is 0 Å². The van der Waals surface area contributed by atoms with E-state index >= 15 is 0 Å². The number of hydrazine groups is 2. The van der Waals surface area contributed by atoms with Crippen molar-refractivity contribution in [3.8, 4) is 10.6 Å². The summed E-state index contributed by atoms with van der Waals surface area (Å²) < 4.78 is 1.98. The third-order valence-corrected chi connectivity index (χ3v) is 6.34. The first-order valence-corrected chi connectivity index (χ1v) is 11.1. The molecule has 5 rings (SSSR count). The summed E-state index contributed by atoms with van der Waals surface area (Å²) in [6.07, 6.45) is 7.35. The number of imidazole rings is 1. The predicted octanol–water partition coefficient (Wildman–Crippen LogP) is 3.70. The molecule has 0 aromatic carbocycles. The number of nitrogens with zero attached hydrogens (tertiary/aromatic N) is 4. The maximum atomic E-state index is 13.1. The fraction of sp³-hybridized carbons (Fsp3) is 0.174. The molecule has 1 aliphatic heterocycles. The third kappa shape index (κ3) is 3.72. The minimum absolute atomic E-state index is 0.162. The molecule has 0 radical (unpaired) electrons. The number of thiophene rings is 1. The number of rotatable bonds is 5. The number of aromatic nitrogens is 3. The smallest absolute Gasteiger partial charge is 0.253 e. The fourth-order valence-corrected chi connectivity index (χ4v) is 4.48. The van der Waals surface area contributed by atoms with E-state index in [1.54, 1.807) is 17.5 Å². The minimum Gasteiger partial charge on any atom is -0.348 e. The molecule has 0 fully saturated rings. The van der Waals surface area contributed by atoms with Crippen molar-refractivity contribution in [1.82, 2.24) is 30.6 Å². The Kier molecular flexibility index (Phi) is 5.12. The zero-order valence-corrected chi connectivity index (χ0v) is 18.8. The Labute approximate surface area is 189 Å². The van der Waals surface area contributed by atoms with Gasteiger partial charge in [-0.15, -0.1) is 16.9 Å². The van der Waals surface area contributed by atoms with Gasteiger partial charge in [0, 0.05) is 35.7 Å². The number of anilines is 1. The Morgan fingerprint density at radius 3 is 2.69 bits per heavy atom. The Balaban J connectivity index is 1.54. The fourth-order valence-electron chi connectivity index (χ4n) is 3.60. The molecule has 0 spiro atoms. The lowest BCUT2D eigenvalue weighted by molar-refractivity contribution is 0.0950. The first-order chi connectivity index (χ1) is 15.5. The van der Waals surface area contributed by atoms with Gasteiger partial charge in [0.1, 0.15) is 5.69 Å². The van der Waals surface area contributed by atoms with E-state index in [0.717, 1.165) is 38.9 Å². The van der Waals surface area contributed by atoms with Gasteiger partial charge < -0.3 is 10.7 Å². The first kappa shape index (κ1) is 20.2. The van der Waals surface area contributed by atoms with E-state index in [-0.39, 0.29) is 5.91 Å². The van der Waals surface area contributed by atoms with Gasteiger partial charge in [0.15, 0.2) is 5.65 Å². The summed E-state index contributed by atoms with van der Waals surface area (Å²) in [5.41, 5.74) is 12.0. The number of fused-ring (bicyclic) bond motifs is 1. The molecule has 1 amide bonds. The second kappa shape index (κ2) is 8.10. The second-order valence-electron chi connectivity index (χ2n) is 7.73. The second-order valence-corrected chi connectivity index (χ2v) is 9.02. The molecule has 0 aliphatic carbocycles. The van der Waals surface area contributed by atoms with Gasteiger partial charge in [-0.05, 0) is 50.6 Å². The van der Waals surface area contributed by atoms with Gasteiger partial charge in [-0.3, -0.25) is 19.2 Å². The number of carbonyl (C=O) groups is 1. The zero-order chi connectivity index (χ0) is 22.2. The highest BCUT2D eigenvalue weighted by molar-refractivity contribution is 7.15. The van der Waals surface area contributed by atoms with Crippen LogP contribution in [0, 0.1) is 13.8 Å². The van der Waals surface area contributed by atoms with Crippen molar-refractivity contribution >= 4 is 28.6 Å². The minimum atomic E-state index is -0.162. The highest BCUT2D eigenvalue weighted by Gasteiger charge is 2.22. The van der Waals surface area contributed by atoms with Gasteiger partial charge in [0.25, 0.3) is 5.91 Å². The molecule has 0 unspecified atom stereocenters. The van der Waals surface area contributed by atoms with Gasteiger partial charge in [-0.2, -0.15) is 0 Å². The molecule has 9 heteroatoms. The number of pyridine rings is 2. The number of allylic oxidation sites excluding steroid dienone is 1. The molecule has 0 saturated carbocycles. The van der Waals surface area contributed by atoms with E-state index in [1.807, 2.05) is 60.0 Å². The maximum Gasteiger partial charge on any atom is 0.253 e. The molecule has 3 N–H and O–H groups in total.